The van der Waals surface area contributed by atoms with Gasteiger partial charge in [0.1, 0.15) is 22.1 Å². The van der Waals surface area contributed by atoms with Crippen molar-refractivity contribution >= 4 is 18.0 Å². The zero-order valence-electron chi connectivity index (χ0n) is 10.3. The van der Waals surface area contributed by atoms with Gasteiger partial charge in [-0.3, -0.25) is 0 Å². The second-order valence-corrected chi connectivity index (χ2v) is 5.16. The number of nitrogens with zero attached hydrogens (tertiary/aromatic N) is 1. The van der Waals surface area contributed by atoms with Crippen molar-refractivity contribution in [1.82, 2.24) is 9.97 Å². The van der Waals surface area contributed by atoms with E-state index in [2.05, 4.69) is 15.3 Å². The average Bonchev–Trinajstić information content (AvgIpc) is 3.21. The molecule has 0 amide bonds. The van der Waals surface area contributed by atoms with Gasteiger partial charge in [0.15, 0.2) is 0 Å². The van der Waals surface area contributed by atoms with Gasteiger partial charge in [-0.2, -0.15) is 0 Å². The lowest BCUT2D eigenvalue weighted by atomic mass is 10.2. The van der Waals surface area contributed by atoms with E-state index in [-0.39, 0.29) is 5.82 Å². The highest BCUT2D eigenvalue weighted by Crippen LogP contribution is 2.38. The van der Waals surface area contributed by atoms with Crippen molar-refractivity contribution in [2.45, 2.75) is 25.3 Å². The van der Waals surface area contributed by atoms with Crippen LogP contribution in [0.1, 0.15) is 30.1 Å². The Kier molecular flexibility index (Phi) is 3.29. The van der Waals surface area contributed by atoms with Gasteiger partial charge in [-0.25, -0.2) is 9.37 Å². The van der Waals surface area contributed by atoms with Crippen LogP contribution in [-0.2, 0) is 6.54 Å². The minimum atomic E-state index is -0.204. The first kappa shape index (κ1) is 12.3. The van der Waals surface area contributed by atoms with Crippen molar-refractivity contribution in [1.29, 1.82) is 0 Å². The lowest BCUT2D eigenvalue weighted by Gasteiger charge is -2.09. The first-order chi connectivity index (χ1) is 9.22. The van der Waals surface area contributed by atoms with Crippen LogP contribution in [0.25, 0.3) is 0 Å². The lowest BCUT2D eigenvalue weighted by molar-refractivity contribution is 0.613. The number of rotatable bonds is 4. The predicted octanol–water partition coefficient (Wildman–Crippen LogP) is 3.77. The number of hydrogen-bond donors (Lipinski definition) is 2. The van der Waals surface area contributed by atoms with Gasteiger partial charge in [0.2, 0.25) is 0 Å². The molecule has 1 aliphatic rings. The summed E-state index contributed by atoms with van der Waals surface area (Å²) in [4.78, 5) is 7.54. The summed E-state index contributed by atoms with van der Waals surface area (Å²) >= 11 is 5.15. The van der Waals surface area contributed by atoms with E-state index in [1.807, 2.05) is 6.07 Å². The Hall–Kier alpha value is -1.75. The third-order valence-corrected chi connectivity index (χ3v) is 3.36. The Morgan fingerprint density at radius 3 is 2.89 bits per heavy atom. The molecule has 0 atom stereocenters. The van der Waals surface area contributed by atoms with E-state index in [0.29, 0.717) is 22.7 Å². The maximum absolute atomic E-state index is 13.5. The van der Waals surface area contributed by atoms with Crippen LogP contribution in [0.2, 0.25) is 0 Å². The SMILES string of the molecule is Fc1ccccc1CNc1cc(=S)nc(C2CC2)[nH]1. The summed E-state index contributed by atoms with van der Waals surface area (Å²) in [5, 5.41) is 3.16. The molecule has 0 spiro atoms. The monoisotopic (exact) mass is 275 g/mol. The minimum absolute atomic E-state index is 0.204. The molecule has 0 saturated heterocycles. The van der Waals surface area contributed by atoms with E-state index in [1.54, 1.807) is 18.2 Å². The van der Waals surface area contributed by atoms with E-state index in [9.17, 15) is 4.39 Å². The summed E-state index contributed by atoms with van der Waals surface area (Å²) in [5.74, 6) is 2.04. The summed E-state index contributed by atoms with van der Waals surface area (Å²) in [6.07, 6.45) is 2.32. The zero-order chi connectivity index (χ0) is 13.2. The van der Waals surface area contributed by atoms with Gasteiger partial charge in [-0.15, -0.1) is 0 Å². The van der Waals surface area contributed by atoms with Gasteiger partial charge in [-0.05, 0) is 18.9 Å². The highest BCUT2D eigenvalue weighted by molar-refractivity contribution is 7.71. The van der Waals surface area contributed by atoms with Crippen molar-refractivity contribution in [3.63, 3.8) is 0 Å². The van der Waals surface area contributed by atoms with Crippen LogP contribution < -0.4 is 5.32 Å². The van der Waals surface area contributed by atoms with Crippen LogP contribution in [0.3, 0.4) is 0 Å². The Labute approximate surface area is 115 Å². The number of halogens is 1. The molecule has 98 valence electrons. The summed E-state index contributed by atoms with van der Waals surface area (Å²) in [6.45, 7) is 0.423. The van der Waals surface area contributed by atoms with E-state index in [4.69, 9.17) is 12.2 Å². The number of aromatic amines is 1. The number of nitrogens with one attached hydrogen (secondary N) is 2. The lowest BCUT2D eigenvalue weighted by Crippen LogP contribution is -2.05. The second-order valence-electron chi connectivity index (χ2n) is 4.74. The molecule has 0 radical (unpaired) electrons. The summed E-state index contributed by atoms with van der Waals surface area (Å²) in [6, 6.07) is 8.50. The fraction of sp³-hybridized carbons (Fsp3) is 0.286. The van der Waals surface area contributed by atoms with Gasteiger partial charge in [0, 0.05) is 24.1 Å². The molecule has 19 heavy (non-hydrogen) atoms. The third kappa shape index (κ3) is 2.98. The van der Waals surface area contributed by atoms with Gasteiger partial charge in [-0.1, -0.05) is 30.4 Å². The first-order valence-corrected chi connectivity index (χ1v) is 6.72. The fourth-order valence-corrected chi connectivity index (χ4v) is 2.17. The zero-order valence-corrected chi connectivity index (χ0v) is 11.1. The molecule has 2 N–H and O–H groups in total. The van der Waals surface area contributed by atoms with Crippen molar-refractivity contribution in [3.8, 4) is 0 Å². The molecule has 0 aliphatic heterocycles. The summed E-state index contributed by atoms with van der Waals surface area (Å²) < 4.78 is 14.1. The highest BCUT2D eigenvalue weighted by atomic mass is 32.1. The van der Waals surface area contributed by atoms with Crippen LogP contribution in [0.4, 0.5) is 10.2 Å². The van der Waals surface area contributed by atoms with Crippen molar-refractivity contribution < 1.29 is 4.39 Å². The molecule has 1 aromatic heterocycles. The largest absolute Gasteiger partial charge is 0.367 e. The molecular formula is C14H14FN3S. The Morgan fingerprint density at radius 2 is 2.16 bits per heavy atom. The first-order valence-electron chi connectivity index (χ1n) is 6.31. The average molecular weight is 275 g/mol. The summed E-state index contributed by atoms with van der Waals surface area (Å²) in [7, 11) is 0. The molecule has 2 aromatic rings. The van der Waals surface area contributed by atoms with Gasteiger partial charge < -0.3 is 10.3 Å². The van der Waals surface area contributed by atoms with E-state index < -0.39 is 0 Å². The molecular weight excluding hydrogens is 261 g/mol. The van der Waals surface area contributed by atoms with Crippen LogP contribution in [0, 0.1) is 10.5 Å². The second kappa shape index (κ2) is 5.09. The number of H-pyrrole nitrogens is 1. The standard InChI is InChI=1S/C14H14FN3S/c15-11-4-2-1-3-10(11)8-16-12-7-13(19)18-14(17-12)9-5-6-9/h1-4,7,9H,5-6,8H2,(H2,16,17,18,19). The molecule has 3 rings (SSSR count). The number of aromatic nitrogens is 2. The molecule has 0 bridgehead atoms. The Balaban J connectivity index is 1.76. The van der Waals surface area contributed by atoms with E-state index in [0.717, 1.165) is 24.5 Å². The fourth-order valence-electron chi connectivity index (χ4n) is 1.95. The minimum Gasteiger partial charge on any atom is -0.367 e. The normalized spacial score (nSPS) is 14.4. The number of benzene rings is 1. The van der Waals surface area contributed by atoms with Crippen molar-refractivity contribution in [2.24, 2.45) is 0 Å². The topological polar surface area (TPSA) is 40.7 Å². The number of hydrogen-bond acceptors (Lipinski definition) is 3. The van der Waals surface area contributed by atoms with Crippen LogP contribution >= 0.6 is 12.2 Å². The molecule has 1 aromatic carbocycles. The van der Waals surface area contributed by atoms with Crippen LogP contribution in [0.15, 0.2) is 30.3 Å². The Morgan fingerprint density at radius 1 is 1.37 bits per heavy atom. The van der Waals surface area contributed by atoms with Crippen molar-refractivity contribution in [2.75, 3.05) is 5.32 Å². The molecule has 3 nitrogen and oxygen atoms in total. The van der Waals surface area contributed by atoms with Crippen LogP contribution in [-0.4, -0.2) is 9.97 Å². The van der Waals surface area contributed by atoms with Gasteiger partial charge in [0.05, 0.1) is 0 Å². The third-order valence-electron chi connectivity index (χ3n) is 3.15. The Bertz CT molecular complexity index is 649. The quantitative estimate of drug-likeness (QED) is 0.835. The molecule has 0 unspecified atom stereocenters. The van der Waals surface area contributed by atoms with Gasteiger partial charge in [0.25, 0.3) is 0 Å². The molecule has 1 aliphatic carbocycles. The molecule has 1 heterocycles. The van der Waals surface area contributed by atoms with E-state index >= 15 is 0 Å². The number of anilines is 1. The molecule has 1 saturated carbocycles. The van der Waals surface area contributed by atoms with Gasteiger partial charge >= 0.3 is 0 Å². The molecule has 5 heteroatoms. The highest BCUT2D eigenvalue weighted by Gasteiger charge is 2.26. The van der Waals surface area contributed by atoms with Crippen LogP contribution in [0.5, 0.6) is 0 Å². The maximum atomic E-state index is 13.5. The molecule has 1 fully saturated rings. The predicted molar refractivity (Wildman–Crippen MR) is 75.1 cm³/mol. The van der Waals surface area contributed by atoms with Crippen molar-refractivity contribution in [3.05, 3.63) is 52.2 Å². The van der Waals surface area contributed by atoms with E-state index in [1.165, 1.54) is 6.07 Å². The smallest absolute Gasteiger partial charge is 0.131 e. The maximum Gasteiger partial charge on any atom is 0.131 e. The summed E-state index contributed by atoms with van der Waals surface area (Å²) in [5.41, 5.74) is 0.631.